The number of esters is 1. The highest BCUT2D eigenvalue weighted by atomic mass is 35.5. The summed E-state index contributed by atoms with van der Waals surface area (Å²) in [6.45, 7) is 1.66. The van der Waals surface area contributed by atoms with Gasteiger partial charge in [-0.05, 0) is 31.2 Å². The Balaban J connectivity index is 1.52. The van der Waals surface area contributed by atoms with Crippen molar-refractivity contribution in [3.05, 3.63) is 80.7 Å². The third-order valence-electron chi connectivity index (χ3n) is 4.24. The number of thiophene rings is 1. The van der Waals surface area contributed by atoms with E-state index in [0.29, 0.717) is 21.7 Å². The van der Waals surface area contributed by atoms with Gasteiger partial charge in [-0.15, -0.1) is 11.3 Å². The van der Waals surface area contributed by atoms with Gasteiger partial charge in [-0.2, -0.15) is 0 Å². The highest BCUT2D eigenvalue weighted by Gasteiger charge is 2.14. The van der Waals surface area contributed by atoms with Gasteiger partial charge in [0, 0.05) is 21.0 Å². The lowest BCUT2D eigenvalue weighted by Crippen LogP contribution is -2.16. The van der Waals surface area contributed by atoms with Crippen molar-refractivity contribution in [1.29, 1.82) is 0 Å². The van der Waals surface area contributed by atoms with E-state index in [1.54, 1.807) is 37.3 Å². The summed E-state index contributed by atoms with van der Waals surface area (Å²) < 4.78 is 6.43. The highest BCUT2D eigenvalue weighted by Crippen LogP contribution is 2.35. The molecule has 0 spiro atoms. The molecule has 0 saturated heterocycles. The molecule has 1 atom stereocenters. The molecule has 0 aliphatic carbocycles. The van der Waals surface area contributed by atoms with Crippen molar-refractivity contribution >= 4 is 56.0 Å². The molecule has 2 heterocycles. The Labute approximate surface area is 169 Å². The number of hydrogen-bond acceptors (Lipinski definition) is 5. The number of ether oxygens (including phenoxy) is 1. The predicted molar refractivity (Wildman–Crippen MR) is 113 cm³/mol. The molecule has 0 saturated carbocycles. The van der Waals surface area contributed by atoms with Crippen LogP contribution in [-0.2, 0) is 9.53 Å². The fourth-order valence-electron chi connectivity index (χ4n) is 2.85. The first-order valence-electron chi connectivity index (χ1n) is 8.57. The average Bonchev–Trinajstić information content (AvgIpc) is 3.02. The minimum Gasteiger partial charge on any atom is -0.451 e. The third kappa shape index (κ3) is 3.56. The Morgan fingerprint density at radius 2 is 1.89 bits per heavy atom. The molecule has 4 aromatic rings. The number of nitrogens with zero attached hydrogens (tertiary/aromatic N) is 1. The van der Waals surface area contributed by atoms with Gasteiger partial charge in [-0.3, -0.25) is 4.79 Å². The van der Waals surface area contributed by atoms with Crippen LogP contribution in [0.15, 0.2) is 59.4 Å². The maximum Gasteiger partial charge on any atom is 0.331 e. The van der Waals surface area contributed by atoms with Gasteiger partial charge in [0.2, 0.25) is 0 Å². The second kappa shape index (κ2) is 7.58. The van der Waals surface area contributed by atoms with Gasteiger partial charge in [0.05, 0.1) is 15.9 Å². The molecule has 0 aliphatic heterocycles. The molecule has 0 fully saturated rings. The molecule has 2 aromatic carbocycles. The maximum absolute atomic E-state index is 12.2. The van der Waals surface area contributed by atoms with Crippen LogP contribution in [0.4, 0.5) is 0 Å². The number of carbonyl (C=O) groups is 1. The summed E-state index contributed by atoms with van der Waals surface area (Å²) in [5.41, 5.74) is 0.285. The Morgan fingerprint density at radius 3 is 2.68 bits per heavy atom. The van der Waals surface area contributed by atoms with Crippen molar-refractivity contribution in [1.82, 2.24) is 9.97 Å². The lowest BCUT2D eigenvalue weighted by Gasteiger charge is -2.11. The summed E-state index contributed by atoms with van der Waals surface area (Å²) in [5, 5.41) is 2.05. The van der Waals surface area contributed by atoms with Crippen LogP contribution in [0.2, 0.25) is 5.02 Å². The number of aromatic amines is 1. The predicted octanol–water partition coefficient (Wildman–Crippen LogP) is 5.11. The summed E-state index contributed by atoms with van der Waals surface area (Å²) in [6, 6.07) is 14.8. The number of rotatable bonds is 4. The summed E-state index contributed by atoms with van der Waals surface area (Å²) in [6.07, 6.45) is 2.26. The van der Waals surface area contributed by atoms with Crippen molar-refractivity contribution in [2.75, 3.05) is 0 Å². The molecule has 0 radical (unpaired) electrons. The fourth-order valence-corrected chi connectivity index (χ4v) is 4.25. The molecule has 1 N–H and O–H groups in total. The Bertz CT molecular complexity index is 1280. The van der Waals surface area contributed by atoms with E-state index in [-0.39, 0.29) is 5.56 Å². The smallest absolute Gasteiger partial charge is 0.331 e. The summed E-state index contributed by atoms with van der Waals surface area (Å²) >= 11 is 7.87. The number of para-hydroxylation sites is 1. The number of hydrogen-bond donors (Lipinski definition) is 1. The van der Waals surface area contributed by atoms with Crippen LogP contribution in [0.3, 0.4) is 0 Å². The summed E-state index contributed by atoms with van der Waals surface area (Å²) in [4.78, 5) is 32.2. The zero-order chi connectivity index (χ0) is 19.7. The number of fused-ring (bicyclic) bond motifs is 2. The van der Waals surface area contributed by atoms with E-state index in [9.17, 15) is 9.59 Å². The first-order chi connectivity index (χ1) is 13.5. The Morgan fingerprint density at radius 1 is 1.18 bits per heavy atom. The van der Waals surface area contributed by atoms with Crippen LogP contribution in [0, 0.1) is 0 Å². The number of halogens is 1. The first-order valence-corrected chi connectivity index (χ1v) is 9.77. The van der Waals surface area contributed by atoms with Gasteiger partial charge in [0.25, 0.3) is 5.56 Å². The van der Waals surface area contributed by atoms with Gasteiger partial charge in [0.1, 0.15) is 0 Å². The topological polar surface area (TPSA) is 72.0 Å². The number of H-pyrrole nitrogens is 1. The number of nitrogens with one attached hydrogen (secondary N) is 1. The molecule has 0 unspecified atom stereocenters. The third-order valence-corrected chi connectivity index (χ3v) is 5.90. The molecule has 2 aromatic heterocycles. The second-order valence-corrected chi connectivity index (χ2v) is 7.62. The Hall–Kier alpha value is -2.96. The first kappa shape index (κ1) is 18.4. The SMILES string of the molecule is C[C@@H](OC(=O)/C=C/c1sc2ccccc2c1Cl)c1nc2ccccc2c(=O)[nH]1. The molecular weight excluding hydrogens is 396 g/mol. The van der Waals surface area contributed by atoms with E-state index in [4.69, 9.17) is 16.3 Å². The van der Waals surface area contributed by atoms with Crippen LogP contribution in [-0.4, -0.2) is 15.9 Å². The second-order valence-electron chi connectivity index (χ2n) is 6.16. The molecule has 0 aliphatic rings. The summed E-state index contributed by atoms with van der Waals surface area (Å²) in [5.74, 6) is -0.248. The molecular formula is C21H15ClN2O3S. The molecule has 28 heavy (non-hydrogen) atoms. The van der Waals surface area contributed by atoms with E-state index in [1.165, 1.54) is 17.4 Å². The quantitative estimate of drug-likeness (QED) is 0.375. The minimum absolute atomic E-state index is 0.268. The zero-order valence-electron chi connectivity index (χ0n) is 14.8. The van der Waals surface area contributed by atoms with Crippen LogP contribution in [0.25, 0.3) is 27.1 Å². The van der Waals surface area contributed by atoms with E-state index in [2.05, 4.69) is 9.97 Å². The molecule has 5 nitrogen and oxygen atoms in total. The van der Waals surface area contributed by atoms with Crippen LogP contribution >= 0.6 is 22.9 Å². The Kier molecular flexibility index (Phi) is 4.98. The number of carbonyl (C=O) groups excluding carboxylic acids is 1. The largest absolute Gasteiger partial charge is 0.451 e. The van der Waals surface area contributed by atoms with E-state index in [1.807, 2.05) is 24.3 Å². The van der Waals surface area contributed by atoms with Crippen LogP contribution in [0.5, 0.6) is 0 Å². The molecule has 140 valence electrons. The van der Waals surface area contributed by atoms with Gasteiger partial charge in [0.15, 0.2) is 11.9 Å². The van der Waals surface area contributed by atoms with Crippen LogP contribution in [0.1, 0.15) is 23.7 Å². The fraction of sp³-hybridized carbons (Fsp3) is 0.0952. The van der Waals surface area contributed by atoms with E-state index < -0.39 is 12.1 Å². The zero-order valence-corrected chi connectivity index (χ0v) is 16.4. The van der Waals surface area contributed by atoms with Gasteiger partial charge >= 0.3 is 5.97 Å². The van der Waals surface area contributed by atoms with Gasteiger partial charge in [-0.25, -0.2) is 9.78 Å². The van der Waals surface area contributed by atoms with Crippen LogP contribution < -0.4 is 5.56 Å². The minimum atomic E-state index is -0.702. The van der Waals surface area contributed by atoms with Crippen molar-refractivity contribution in [2.24, 2.45) is 0 Å². The molecule has 0 bridgehead atoms. The van der Waals surface area contributed by atoms with E-state index >= 15 is 0 Å². The lowest BCUT2D eigenvalue weighted by atomic mass is 10.2. The normalized spacial score (nSPS) is 12.6. The van der Waals surface area contributed by atoms with Gasteiger partial charge < -0.3 is 9.72 Å². The highest BCUT2D eigenvalue weighted by molar-refractivity contribution is 7.20. The number of aromatic nitrogens is 2. The number of benzene rings is 2. The van der Waals surface area contributed by atoms with Crippen molar-refractivity contribution < 1.29 is 9.53 Å². The van der Waals surface area contributed by atoms with Crippen molar-refractivity contribution in [3.8, 4) is 0 Å². The van der Waals surface area contributed by atoms with Crippen molar-refractivity contribution in [2.45, 2.75) is 13.0 Å². The molecule has 4 rings (SSSR count). The van der Waals surface area contributed by atoms with Crippen molar-refractivity contribution in [3.63, 3.8) is 0 Å². The molecule has 0 amide bonds. The summed E-state index contributed by atoms with van der Waals surface area (Å²) in [7, 11) is 0. The maximum atomic E-state index is 12.2. The lowest BCUT2D eigenvalue weighted by molar-refractivity contribution is -0.142. The monoisotopic (exact) mass is 410 g/mol. The standard InChI is InChI=1S/C21H15ClN2O3S/c1-12(20-23-15-8-4-2-6-13(15)21(26)24-20)27-18(25)11-10-17-19(22)14-7-3-5-9-16(14)28-17/h2-12H,1H3,(H,23,24,26)/b11-10+/t12-/m1/s1. The molecule has 7 heteroatoms. The van der Waals surface area contributed by atoms with Gasteiger partial charge in [-0.1, -0.05) is 41.9 Å². The average molecular weight is 411 g/mol. The van der Waals surface area contributed by atoms with E-state index in [0.717, 1.165) is 15.0 Å².